The Hall–Kier alpha value is -3.67. The van der Waals surface area contributed by atoms with E-state index in [2.05, 4.69) is 15.8 Å². The van der Waals surface area contributed by atoms with Gasteiger partial charge in [0.05, 0.1) is 6.21 Å². The van der Waals surface area contributed by atoms with Gasteiger partial charge in [0.1, 0.15) is 11.5 Å². The van der Waals surface area contributed by atoms with E-state index < -0.39 is 0 Å². The molecule has 0 radical (unpaired) electrons. The predicted octanol–water partition coefficient (Wildman–Crippen LogP) is 3.91. The minimum atomic E-state index is -0.355. The lowest BCUT2D eigenvalue weighted by molar-refractivity contribution is 0.0954. The summed E-state index contributed by atoms with van der Waals surface area (Å²) in [5, 5.41) is 6.67. The maximum atomic E-state index is 12.2. The van der Waals surface area contributed by atoms with Gasteiger partial charge in [-0.05, 0) is 62.4 Å². The van der Waals surface area contributed by atoms with Gasteiger partial charge in [-0.15, -0.1) is 0 Å². The predicted molar refractivity (Wildman–Crippen MR) is 104 cm³/mol. The van der Waals surface area contributed by atoms with E-state index in [1.54, 1.807) is 36.4 Å². The molecule has 27 heavy (non-hydrogen) atoms. The van der Waals surface area contributed by atoms with Gasteiger partial charge in [-0.25, -0.2) is 5.43 Å². The Morgan fingerprint density at radius 2 is 1.70 bits per heavy atom. The summed E-state index contributed by atoms with van der Waals surface area (Å²) in [6.45, 7) is 3.76. The van der Waals surface area contributed by atoms with Crippen molar-refractivity contribution in [2.24, 2.45) is 5.10 Å². The van der Waals surface area contributed by atoms with Gasteiger partial charge in [0.2, 0.25) is 0 Å². The number of nitrogens with zero attached hydrogens (tertiary/aromatic N) is 1. The van der Waals surface area contributed by atoms with Gasteiger partial charge in [0, 0.05) is 16.8 Å². The van der Waals surface area contributed by atoms with Gasteiger partial charge in [-0.3, -0.25) is 9.59 Å². The van der Waals surface area contributed by atoms with Gasteiger partial charge in [-0.2, -0.15) is 5.10 Å². The summed E-state index contributed by atoms with van der Waals surface area (Å²) in [6.07, 6.45) is 1.43. The molecule has 3 aromatic rings. The molecule has 2 amide bonds. The van der Waals surface area contributed by atoms with E-state index in [1.807, 2.05) is 38.1 Å². The molecule has 136 valence electrons. The fourth-order valence-electron chi connectivity index (χ4n) is 2.44. The van der Waals surface area contributed by atoms with E-state index in [-0.39, 0.29) is 11.8 Å². The highest BCUT2D eigenvalue weighted by atomic mass is 16.3. The molecule has 1 aromatic heterocycles. The van der Waals surface area contributed by atoms with E-state index >= 15 is 0 Å². The number of hydrazone groups is 1. The van der Waals surface area contributed by atoms with Crippen molar-refractivity contribution >= 4 is 23.7 Å². The molecule has 0 unspecified atom stereocenters. The largest absolute Gasteiger partial charge is 0.460 e. The molecule has 0 aliphatic heterocycles. The van der Waals surface area contributed by atoms with Crippen LogP contribution in [0.3, 0.4) is 0 Å². The lowest BCUT2D eigenvalue weighted by Crippen LogP contribution is -2.17. The van der Waals surface area contributed by atoms with Crippen LogP contribution in [0, 0.1) is 13.8 Å². The number of furan rings is 1. The van der Waals surface area contributed by atoms with Crippen LogP contribution < -0.4 is 10.7 Å². The zero-order valence-corrected chi connectivity index (χ0v) is 15.0. The van der Waals surface area contributed by atoms with Gasteiger partial charge < -0.3 is 9.73 Å². The van der Waals surface area contributed by atoms with E-state index in [1.165, 1.54) is 6.21 Å². The number of carbonyl (C=O) groups is 2. The number of rotatable bonds is 5. The summed E-state index contributed by atoms with van der Waals surface area (Å²) in [4.78, 5) is 24.3. The van der Waals surface area contributed by atoms with E-state index in [9.17, 15) is 9.59 Å². The van der Waals surface area contributed by atoms with Crippen LogP contribution in [-0.4, -0.2) is 18.0 Å². The van der Waals surface area contributed by atoms with Crippen molar-refractivity contribution in [3.8, 4) is 0 Å². The number of hydrogen-bond donors (Lipinski definition) is 2. The quantitative estimate of drug-likeness (QED) is 0.534. The molecule has 0 saturated carbocycles. The highest BCUT2D eigenvalue weighted by molar-refractivity contribution is 6.04. The number of hydrogen-bond acceptors (Lipinski definition) is 4. The van der Waals surface area contributed by atoms with E-state index in [4.69, 9.17) is 4.42 Å². The van der Waals surface area contributed by atoms with Crippen LogP contribution in [0.25, 0.3) is 0 Å². The van der Waals surface area contributed by atoms with Crippen LogP contribution in [0.2, 0.25) is 0 Å². The molecule has 6 nitrogen and oxygen atoms in total. The number of anilines is 1. The Kier molecular flexibility index (Phi) is 5.47. The lowest BCUT2D eigenvalue weighted by Gasteiger charge is -2.07. The average molecular weight is 361 g/mol. The summed E-state index contributed by atoms with van der Waals surface area (Å²) in [6, 6.07) is 17.5. The van der Waals surface area contributed by atoms with Crippen LogP contribution >= 0.6 is 0 Å². The molecule has 0 atom stereocenters. The van der Waals surface area contributed by atoms with Crippen LogP contribution in [0.5, 0.6) is 0 Å². The smallest absolute Gasteiger partial charge is 0.271 e. The van der Waals surface area contributed by atoms with Gasteiger partial charge >= 0.3 is 0 Å². The minimum Gasteiger partial charge on any atom is -0.460 e. The molecule has 2 aromatic carbocycles. The monoisotopic (exact) mass is 361 g/mol. The number of carbonyl (C=O) groups excluding carboxylic acids is 2. The molecule has 0 spiro atoms. The summed E-state index contributed by atoms with van der Waals surface area (Å²) in [7, 11) is 0. The molecular weight excluding hydrogens is 342 g/mol. The molecule has 6 heteroatoms. The molecule has 3 rings (SSSR count). The first kappa shape index (κ1) is 18.1. The Labute approximate surface area is 156 Å². The van der Waals surface area contributed by atoms with E-state index in [0.29, 0.717) is 22.6 Å². The summed E-state index contributed by atoms with van der Waals surface area (Å²) >= 11 is 0. The fraction of sp³-hybridized carbons (Fsp3) is 0.0952. The third-order valence-electron chi connectivity index (χ3n) is 3.80. The van der Waals surface area contributed by atoms with Crippen molar-refractivity contribution in [2.45, 2.75) is 13.8 Å². The first-order valence-corrected chi connectivity index (χ1v) is 8.39. The molecule has 0 saturated heterocycles. The molecule has 0 bridgehead atoms. The van der Waals surface area contributed by atoms with Crippen molar-refractivity contribution in [3.05, 3.63) is 88.9 Å². The number of amides is 2. The maximum Gasteiger partial charge on any atom is 0.271 e. The zero-order chi connectivity index (χ0) is 19.2. The SMILES string of the molecule is Cc1cccc(C(=O)Nc2ccc(C(=O)N/N=C/c3ccc(C)o3)cc2)c1. The molecule has 2 N–H and O–H groups in total. The molecular formula is C21H19N3O3. The van der Waals surface area contributed by atoms with Crippen LogP contribution in [0.4, 0.5) is 5.69 Å². The third kappa shape index (κ3) is 4.92. The summed E-state index contributed by atoms with van der Waals surface area (Å²) < 4.78 is 5.33. The van der Waals surface area contributed by atoms with Gasteiger partial charge in [0.15, 0.2) is 0 Å². The fourth-order valence-corrected chi connectivity index (χ4v) is 2.44. The average Bonchev–Trinajstić information content (AvgIpc) is 3.07. The second kappa shape index (κ2) is 8.14. The van der Waals surface area contributed by atoms with Gasteiger partial charge in [0.25, 0.3) is 11.8 Å². The van der Waals surface area contributed by atoms with Crippen LogP contribution in [-0.2, 0) is 0 Å². The zero-order valence-electron chi connectivity index (χ0n) is 15.0. The van der Waals surface area contributed by atoms with Crippen molar-refractivity contribution in [1.29, 1.82) is 0 Å². The highest BCUT2D eigenvalue weighted by Crippen LogP contribution is 2.12. The second-order valence-electron chi connectivity index (χ2n) is 6.05. The Bertz CT molecular complexity index is 988. The van der Waals surface area contributed by atoms with Crippen molar-refractivity contribution in [2.75, 3.05) is 5.32 Å². The first-order chi connectivity index (χ1) is 13.0. The Balaban J connectivity index is 1.58. The van der Waals surface area contributed by atoms with Crippen molar-refractivity contribution in [1.82, 2.24) is 5.43 Å². The number of benzene rings is 2. The van der Waals surface area contributed by atoms with E-state index in [0.717, 1.165) is 11.3 Å². The Morgan fingerprint density at radius 1 is 0.926 bits per heavy atom. The molecule has 0 fully saturated rings. The first-order valence-electron chi connectivity index (χ1n) is 8.39. The number of nitrogens with one attached hydrogen (secondary N) is 2. The van der Waals surface area contributed by atoms with Crippen molar-refractivity contribution < 1.29 is 14.0 Å². The molecule has 0 aliphatic carbocycles. The normalized spacial score (nSPS) is 10.7. The van der Waals surface area contributed by atoms with Gasteiger partial charge in [-0.1, -0.05) is 17.7 Å². The summed E-state index contributed by atoms with van der Waals surface area (Å²) in [5.41, 5.74) is 5.06. The maximum absolute atomic E-state index is 12.2. The van der Waals surface area contributed by atoms with Crippen molar-refractivity contribution in [3.63, 3.8) is 0 Å². The van der Waals surface area contributed by atoms with Crippen LogP contribution in [0.15, 0.2) is 70.2 Å². The lowest BCUT2D eigenvalue weighted by atomic mass is 10.1. The topological polar surface area (TPSA) is 83.7 Å². The highest BCUT2D eigenvalue weighted by Gasteiger charge is 2.08. The third-order valence-corrected chi connectivity index (χ3v) is 3.80. The Morgan fingerprint density at radius 3 is 2.37 bits per heavy atom. The minimum absolute atomic E-state index is 0.200. The number of aryl methyl sites for hydroxylation is 2. The molecule has 0 aliphatic rings. The summed E-state index contributed by atoms with van der Waals surface area (Å²) in [5.74, 6) is 0.772. The van der Waals surface area contributed by atoms with Crippen LogP contribution in [0.1, 0.15) is 37.8 Å². The standard InChI is InChI=1S/C21H19N3O3/c1-14-4-3-5-17(12-14)20(25)23-18-9-7-16(8-10-18)21(26)24-22-13-19-11-6-15(2)27-19/h3-13H,1-2H3,(H,23,25)(H,24,26)/b22-13+. The second-order valence-corrected chi connectivity index (χ2v) is 6.05. The molecule has 1 heterocycles.